The maximum absolute atomic E-state index is 11.9. The van der Waals surface area contributed by atoms with Gasteiger partial charge in [-0.2, -0.15) is 0 Å². The molecule has 0 bridgehead atoms. The Morgan fingerprint density at radius 2 is 2.19 bits per heavy atom. The standard InChI is InChI=1S/C18H23ClN4O2S/c1-2-3-10-20-17(24)12-26-18-22-21-16(23(18)13-8-9-13)11-25-15-7-5-4-6-14(15)19/h4-7,13H,2-3,8-12H2,1H3,(H,20,24). The Kier molecular flexibility index (Phi) is 6.80. The number of unbranched alkanes of at least 4 members (excludes halogenated alkanes) is 1. The highest BCUT2D eigenvalue weighted by Gasteiger charge is 2.30. The molecule has 0 radical (unpaired) electrons. The number of rotatable bonds is 10. The lowest BCUT2D eigenvalue weighted by atomic mass is 10.3. The van der Waals surface area contributed by atoms with E-state index in [-0.39, 0.29) is 5.91 Å². The molecule has 1 fully saturated rings. The van der Waals surface area contributed by atoms with Crippen LogP contribution < -0.4 is 10.1 Å². The number of nitrogens with one attached hydrogen (secondary N) is 1. The van der Waals surface area contributed by atoms with E-state index in [0.29, 0.717) is 29.2 Å². The van der Waals surface area contributed by atoms with E-state index >= 15 is 0 Å². The van der Waals surface area contributed by atoms with Gasteiger partial charge in [-0.3, -0.25) is 9.36 Å². The molecule has 140 valence electrons. The second-order valence-electron chi connectivity index (χ2n) is 6.21. The molecule has 1 amide bonds. The van der Waals surface area contributed by atoms with Crippen molar-refractivity contribution in [2.45, 2.75) is 50.4 Å². The molecule has 0 aliphatic heterocycles. The molecule has 2 aromatic rings. The smallest absolute Gasteiger partial charge is 0.230 e. The van der Waals surface area contributed by atoms with E-state index in [1.165, 1.54) is 11.8 Å². The zero-order chi connectivity index (χ0) is 18.4. The van der Waals surface area contributed by atoms with Crippen LogP contribution in [-0.4, -0.2) is 33.0 Å². The number of thioether (sulfide) groups is 1. The Morgan fingerprint density at radius 1 is 1.38 bits per heavy atom. The fourth-order valence-electron chi connectivity index (χ4n) is 2.49. The van der Waals surface area contributed by atoms with Crippen molar-refractivity contribution in [3.63, 3.8) is 0 Å². The number of hydrogen-bond donors (Lipinski definition) is 1. The Bertz CT molecular complexity index is 749. The number of amides is 1. The van der Waals surface area contributed by atoms with Crippen LogP contribution in [0.25, 0.3) is 0 Å². The number of carbonyl (C=O) groups excluding carboxylic acids is 1. The SMILES string of the molecule is CCCCNC(=O)CSc1nnc(COc2ccccc2Cl)n1C1CC1. The van der Waals surface area contributed by atoms with Crippen molar-refractivity contribution in [3.8, 4) is 5.75 Å². The zero-order valence-electron chi connectivity index (χ0n) is 14.8. The van der Waals surface area contributed by atoms with E-state index in [1.54, 1.807) is 6.07 Å². The van der Waals surface area contributed by atoms with Gasteiger partial charge in [-0.15, -0.1) is 10.2 Å². The van der Waals surface area contributed by atoms with Gasteiger partial charge in [0.25, 0.3) is 0 Å². The third-order valence-corrected chi connectivity index (χ3v) is 5.28. The highest BCUT2D eigenvalue weighted by Crippen LogP contribution is 2.39. The third kappa shape index (κ3) is 5.14. The van der Waals surface area contributed by atoms with Gasteiger partial charge < -0.3 is 10.1 Å². The summed E-state index contributed by atoms with van der Waals surface area (Å²) in [5, 5.41) is 12.8. The molecule has 1 aliphatic rings. The number of benzene rings is 1. The van der Waals surface area contributed by atoms with E-state index in [9.17, 15) is 4.79 Å². The van der Waals surface area contributed by atoms with Crippen LogP contribution >= 0.6 is 23.4 Å². The van der Waals surface area contributed by atoms with Crippen LogP contribution in [0.4, 0.5) is 0 Å². The number of hydrogen-bond acceptors (Lipinski definition) is 5. The van der Waals surface area contributed by atoms with Crippen LogP contribution in [0.2, 0.25) is 5.02 Å². The largest absolute Gasteiger partial charge is 0.484 e. The number of halogens is 1. The van der Waals surface area contributed by atoms with Crippen LogP contribution in [0.1, 0.15) is 44.5 Å². The molecule has 1 saturated carbocycles. The van der Waals surface area contributed by atoms with E-state index in [4.69, 9.17) is 16.3 Å². The van der Waals surface area contributed by atoms with Gasteiger partial charge in [-0.25, -0.2) is 0 Å². The van der Waals surface area contributed by atoms with Gasteiger partial charge >= 0.3 is 0 Å². The lowest BCUT2D eigenvalue weighted by Gasteiger charge is -2.10. The summed E-state index contributed by atoms with van der Waals surface area (Å²) in [6.07, 6.45) is 4.27. The fourth-order valence-corrected chi connectivity index (χ4v) is 3.54. The first-order valence-corrected chi connectivity index (χ1v) is 10.3. The molecule has 3 rings (SSSR count). The van der Waals surface area contributed by atoms with Crippen LogP contribution in [0, 0.1) is 0 Å². The number of nitrogens with zero attached hydrogens (tertiary/aromatic N) is 3. The minimum Gasteiger partial charge on any atom is -0.484 e. The van der Waals surface area contributed by atoms with Gasteiger partial charge in [-0.1, -0.05) is 48.8 Å². The molecular weight excluding hydrogens is 372 g/mol. The van der Waals surface area contributed by atoms with E-state index in [1.807, 2.05) is 18.2 Å². The summed E-state index contributed by atoms with van der Waals surface area (Å²) >= 11 is 7.55. The van der Waals surface area contributed by atoms with Crippen LogP contribution in [0.5, 0.6) is 5.75 Å². The summed E-state index contributed by atoms with van der Waals surface area (Å²) in [6, 6.07) is 7.77. The normalized spacial score (nSPS) is 13.6. The third-order valence-electron chi connectivity index (χ3n) is 4.03. The molecule has 0 saturated heterocycles. The lowest BCUT2D eigenvalue weighted by molar-refractivity contribution is -0.118. The molecule has 1 heterocycles. The average Bonchev–Trinajstić information content (AvgIpc) is 3.40. The number of carbonyl (C=O) groups is 1. The van der Waals surface area contributed by atoms with Crippen molar-refractivity contribution in [3.05, 3.63) is 35.1 Å². The fraction of sp³-hybridized carbons (Fsp3) is 0.500. The molecule has 8 heteroatoms. The maximum Gasteiger partial charge on any atom is 0.230 e. The van der Waals surface area contributed by atoms with Crippen LogP contribution in [-0.2, 0) is 11.4 Å². The second kappa shape index (κ2) is 9.28. The predicted molar refractivity (Wildman–Crippen MR) is 103 cm³/mol. The average molecular weight is 395 g/mol. The highest BCUT2D eigenvalue weighted by atomic mass is 35.5. The minimum absolute atomic E-state index is 0.0302. The first-order chi connectivity index (χ1) is 12.7. The van der Waals surface area contributed by atoms with Crippen molar-refractivity contribution >= 4 is 29.3 Å². The maximum atomic E-state index is 11.9. The zero-order valence-corrected chi connectivity index (χ0v) is 16.4. The molecule has 1 N–H and O–H groups in total. The highest BCUT2D eigenvalue weighted by molar-refractivity contribution is 7.99. The second-order valence-corrected chi connectivity index (χ2v) is 7.56. The number of para-hydroxylation sites is 1. The molecule has 1 aromatic carbocycles. The summed E-state index contributed by atoms with van der Waals surface area (Å²) in [5.74, 6) is 1.77. The minimum atomic E-state index is 0.0302. The summed E-state index contributed by atoms with van der Waals surface area (Å²) < 4.78 is 7.90. The van der Waals surface area contributed by atoms with Gasteiger partial charge in [0, 0.05) is 12.6 Å². The van der Waals surface area contributed by atoms with Crippen molar-refractivity contribution in [1.29, 1.82) is 0 Å². The van der Waals surface area contributed by atoms with Gasteiger partial charge in [0.15, 0.2) is 11.0 Å². The van der Waals surface area contributed by atoms with Gasteiger partial charge in [0.2, 0.25) is 5.91 Å². The number of aromatic nitrogens is 3. The molecule has 0 spiro atoms. The molecule has 1 aromatic heterocycles. The number of ether oxygens (including phenoxy) is 1. The van der Waals surface area contributed by atoms with Crippen molar-refractivity contribution in [2.24, 2.45) is 0 Å². The summed E-state index contributed by atoms with van der Waals surface area (Å²) in [6.45, 7) is 3.13. The molecule has 0 unspecified atom stereocenters. The van der Waals surface area contributed by atoms with Gasteiger partial charge in [0.05, 0.1) is 10.8 Å². The summed E-state index contributed by atoms with van der Waals surface area (Å²) in [4.78, 5) is 11.9. The molecule has 0 atom stereocenters. The van der Waals surface area contributed by atoms with Crippen molar-refractivity contribution < 1.29 is 9.53 Å². The van der Waals surface area contributed by atoms with E-state index in [0.717, 1.165) is 43.2 Å². The Labute approximate surface area is 162 Å². The topological polar surface area (TPSA) is 69.0 Å². The summed E-state index contributed by atoms with van der Waals surface area (Å²) in [7, 11) is 0. The van der Waals surface area contributed by atoms with Crippen LogP contribution in [0.15, 0.2) is 29.4 Å². The monoisotopic (exact) mass is 394 g/mol. The van der Waals surface area contributed by atoms with Crippen LogP contribution in [0.3, 0.4) is 0 Å². The Morgan fingerprint density at radius 3 is 2.92 bits per heavy atom. The van der Waals surface area contributed by atoms with E-state index in [2.05, 4.69) is 27.0 Å². The van der Waals surface area contributed by atoms with Crippen molar-refractivity contribution in [2.75, 3.05) is 12.3 Å². The Balaban J connectivity index is 1.60. The summed E-state index contributed by atoms with van der Waals surface area (Å²) in [5.41, 5.74) is 0. The first kappa shape index (κ1) is 19.0. The van der Waals surface area contributed by atoms with Gasteiger partial charge in [0.1, 0.15) is 12.4 Å². The van der Waals surface area contributed by atoms with Crippen molar-refractivity contribution in [1.82, 2.24) is 20.1 Å². The quantitative estimate of drug-likeness (QED) is 0.489. The Hall–Kier alpha value is -1.73. The predicted octanol–water partition coefficient (Wildman–Crippen LogP) is 3.85. The molecule has 1 aliphatic carbocycles. The lowest BCUT2D eigenvalue weighted by Crippen LogP contribution is -2.26. The molecule has 26 heavy (non-hydrogen) atoms. The molecular formula is C18H23ClN4O2S. The van der Waals surface area contributed by atoms with E-state index < -0.39 is 0 Å². The van der Waals surface area contributed by atoms with Gasteiger partial charge in [-0.05, 0) is 31.4 Å². The molecule has 6 nitrogen and oxygen atoms in total. The first-order valence-electron chi connectivity index (χ1n) is 8.89.